The third-order valence-electron chi connectivity index (χ3n) is 2.55. The largest absolute Gasteiger partial charge is 0.379 e. The molecule has 0 aliphatic carbocycles. The number of ether oxygens (including phenoxy) is 2. The number of nitrogens with zero attached hydrogens (tertiary/aromatic N) is 1. The quantitative estimate of drug-likeness (QED) is 0.620. The van der Waals surface area contributed by atoms with Crippen LogP contribution in [0.4, 0.5) is 4.39 Å². The Balaban J connectivity index is 2.35. The number of alkyl halides is 1. The highest BCUT2D eigenvalue weighted by Gasteiger charge is 2.24. The van der Waals surface area contributed by atoms with Crippen molar-refractivity contribution in [3.05, 3.63) is 32.9 Å². The Morgan fingerprint density at radius 1 is 1.56 bits per heavy atom. The number of nitrogens with one attached hydrogen (secondary N) is 1. The van der Waals surface area contributed by atoms with E-state index in [1.165, 1.54) is 0 Å². The monoisotopic (exact) mass is 278 g/mol. The van der Waals surface area contributed by atoms with E-state index in [0.717, 1.165) is 4.57 Å². The van der Waals surface area contributed by atoms with Gasteiger partial charge in [0.05, 0.1) is 31.3 Å². The lowest BCUT2D eigenvalue weighted by molar-refractivity contribution is -0.0498. The van der Waals surface area contributed by atoms with Gasteiger partial charge in [0, 0.05) is 6.42 Å². The SMILES string of the molecule is O=c1cc(F)n(C2CCOC[C@H](CCl)O2)c(=O)[nH]1. The van der Waals surface area contributed by atoms with Gasteiger partial charge in [-0.3, -0.25) is 9.78 Å². The molecule has 1 saturated heterocycles. The maximum atomic E-state index is 13.6. The summed E-state index contributed by atoms with van der Waals surface area (Å²) < 4.78 is 25.1. The number of aromatic nitrogens is 2. The summed E-state index contributed by atoms with van der Waals surface area (Å²) in [7, 11) is 0. The Kier molecular flexibility index (Phi) is 4.15. The first-order valence-corrected chi connectivity index (χ1v) is 5.96. The molecule has 0 bridgehead atoms. The summed E-state index contributed by atoms with van der Waals surface area (Å²) in [5, 5.41) is 0. The lowest BCUT2D eigenvalue weighted by atomic mass is 10.3. The summed E-state index contributed by atoms with van der Waals surface area (Å²) in [6, 6.07) is 0.701. The highest BCUT2D eigenvalue weighted by molar-refractivity contribution is 6.18. The van der Waals surface area contributed by atoms with Gasteiger partial charge in [-0.15, -0.1) is 11.6 Å². The average molecular weight is 279 g/mol. The van der Waals surface area contributed by atoms with Gasteiger partial charge < -0.3 is 9.47 Å². The van der Waals surface area contributed by atoms with Crippen LogP contribution in [0, 0.1) is 5.95 Å². The lowest BCUT2D eigenvalue weighted by Crippen LogP contribution is -2.37. The first-order chi connectivity index (χ1) is 8.61. The number of aromatic amines is 1. The van der Waals surface area contributed by atoms with E-state index >= 15 is 0 Å². The van der Waals surface area contributed by atoms with Crippen LogP contribution < -0.4 is 11.2 Å². The van der Waals surface area contributed by atoms with Gasteiger partial charge in [0.1, 0.15) is 6.23 Å². The predicted molar refractivity (Wildman–Crippen MR) is 61.3 cm³/mol. The molecule has 8 heteroatoms. The molecule has 1 N–H and O–H groups in total. The zero-order valence-corrected chi connectivity index (χ0v) is 10.2. The number of rotatable bonds is 2. The van der Waals surface area contributed by atoms with Crippen molar-refractivity contribution in [2.24, 2.45) is 0 Å². The van der Waals surface area contributed by atoms with Crippen LogP contribution in [0.3, 0.4) is 0 Å². The number of halogens is 2. The van der Waals surface area contributed by atoms with Gasteiger partial charge in [0.25, 0.3) is 5.56 Å². The summed E-state index contributed by atoms with van der Waals surface area (Å²) in [5.74, 6) is -0.764. The molecule has 2 atom stereocenters. The van der Waals surface area contributed by atoms with Gasteiger partial charge >= 0.3 is 5.69 Å². The summed E-state index contributed by atoms with van der Waals surface area (Å²) in [5.41, 5.74) is -1.63. The van der Waals surface area contributed by atoms with Gasteiger partial charge in [0.15, 0.2) is 0 Å². The highest BCUT2D eigenvalue weighted by Crippen LogP contribution is 2.19. The molecular formula is C10H12ClFN2O4. The molecule has 2 heterocycles. The summed E-state index contributed by atoms with van der Waals surface area (Å²) in [6.45, 7) is 0.614. The fourth-order valence-corrected chi connectivity index (χ4v) is 1.91. The Labute approximate surface area is 106 Å². The van der Waals surface area contributed by atoms with Crippen molar-refractivity contribution in [2.75, 3.05) is 19.1 Å². The first-order valence-electron chi connectivity index (χ1n) is 5.42. The van der Waals surface area contributed by atoms with Crippen LogP contribution in [0.5, 0.6) is 0 Å². The second-order valence-electron chi connectivity index (χ2n) is 3.86. The van der Waals surface area contributed by atoms with E-state index in [1.807, 2.05) is 4.98 Å². The smallest absolute Gasteiger partial charge is 0.332 e. The molecule has 18 heavy (non-hydrogen) atoms. The molecular weight excluding hydrogens is 267 g/mol. The van der Waals surface area contributed by atoms with Crippen LogP contribution >= 0.6 is 11.6 Å². The molecule has 1 unspecified atom stereocenters. The molecule has 0 amide bonds. The second-order valence-corrected chi connectivity index (χ2v) is 4.17. The standard InChI is InChI=1S/C10H12ClFN2O4/c11-4-6-5-17-2-1-9(18-6)14-7(12)3-8(15)13-10(14)16/h3,6,9H,1-2,4-5H2,(H,13,15,16)/t6-,9?/m0/s1. The lowest BCUT2D eigenvalue weighted by Gasteiger charge is -2.21. The van der Waals surface area contributed by atoms with Gasteiger partial charge in [-0.05, 0) is 0 Å². The summed E-state index contributed by atoms with van der Waals surface area (Å²) >= 11 is 5.67. The summed E-state index contributed by atoms with van der Waals surface area (Å²) in [4.78, 5) is 24.5. The number of hydrogen-bond donors (Lipinski definition) is 1. The molecule has 0 aromatic carbocycles. The molecule has 100 valence electrons. The average Bonchev–Trinajstić information content (AvgIpc) is 2.53. The highest BCUT2D eigenvalue weighted by atomic mass is 35.5. The van der Waals surface area contributed by atoms with E-state index in [1.54, 1.807) is 0 Å². The summed E-state index contributed by atoms with van der Waals surface area (Å²) in [6.07, 6.45) is -0.950. The minimum absolute atomic E-state index is 0.177. The van der Waals surface area contributed by atoms with Crippen LogP contribution in [0.2, 0.25) is 0 Å². The van der Waals surface area contributed by atoms with Crippen LogP contribution in [0.15, 0.2) is 15.7 Å². The molecule has 6 nitrogen and oxygen atoms in total. The van der Waals surface area contributed by atoms with E-state index in [9.17, 15) is 14.0 Å². The molecule has 1 aliphatic heterocycles. The van der Waals surface area contributed by atoms with E-state index in [2.05, 4.69) is 0 Å². The molecule has 0 spiro atoms. The minimum Gasteiger partial charge on any atom is -0.379 e. The molecule has 0 saturated carbocycles. The number of H-pyrrole nitrogens is 1. The molecule has 1 aromatic heterocycles. The Morgan fingerprint density at radius 2 is 2.33 bits per heavy atom. The zero-order valence-electron chi connectivity index (χ0n) is 9.40. The van der Waals surface area contributed by atoms with Crippen LogP contribution in [-0.2, 0) is 9.47 Å². The van der Waals surface area contributed by atoms with Gasteiger partial charge in [-0.25, -0.2) is 9.36 Å². The maximum absolute atomic E-state index is 13.6. The fourth-order valence-electron chi connectivity index (χ4n) is 1.74. The normalized spacial score (nSPS) is 24.8. The van der Waals surface area contributed by atoms with Crippen molar-refractivity contribution >= 4 is 11.6 Å². The number of hydrogen-bond acceptors (Lipinski definition) is 4. The Bertz CT molecular complexity index is 529. The van der Waals surface area contributed by atoms with Crippen molar-refractivity contribution in [1.82, 2.24) is 9.55 Å². The Hall–Kier alpha value is -1.18. The third kappa shape index (κ3) is 2.80. The maximum Gasteiger partial charge on any atom is 0.332 e. The van der Waals surface area contributed by atoms with Crippen molar-refractivity contribution in [1.29, 1.82) is 0 Å². The molecule has 2 rings (SSSR count). The van der Waals surface area contributed by atoms with Gasteiger partial charge in [0.2, 0.25) is 5.95 Å². The third-order valence-corrected chi connectivity index (χ3v) is 2.90. The molecule has 1 aromatic rings. The Morgan fingerprint density at radius 3 is 3.00 bits per heavy atom. The molecule has 1 fully saturated rings. The molecule has 1 aliphatic rings. The van der Waals surface area contributed by atoms with Crippen molar-refractivity contribution in [3.63, 3.8) is 0 Å². The fraction of sp³-hybridized carbons (Fsp3) is 0.600. The van der Waals surface area contributed by atoms with Gasteiger partial charge in [-0.2, -0.15) is 4.39 Å². The van der Waals surface area contributed by atoms with Crippen molar-refractivity contribution < 1.29 is 13.9 Å². The van der Waals surface area contributed by atoms with Gasteiger partial charge in [-0.1, -0.05) is 0 Å². The van der Waals surface area contributed by atoms with E-state index in [0.29, 0.717) is 25.7 Å². The second kappa shape index (κ2) is 5.64. The first kappa shape index (κ1) is 13.3. The van der Waals surface area contributed by atoms with Crippen LogP contribution in [-0.4, -0.2) is 34.7 Å². The zero-order chi connectivity index (χ0) is 13.1. The van der Waals surface area contributed by atoms with E-state index in [-0.39, 0.29) is 5.88 Å². The predicted octanol–water partition coefficient (Wildman–Crippen LogP) is 0.219. The molecule has 0 radical (unpaired) electrons. The minimum atomic E-state index is -0.941. The van der Waals surface area contributed by atoms with E-state index < -0.39 is 29.5 Å². The van der Waals surface area contributed by atoms with Crippen LogP contribution in [0.25, 0.3) is 0 Å². The topological polar surface area (TPSA) is 73.3 Å². The van der Waals surface area contributed by atoms with E-state index in [4.69, 9.17) is 21.1 Å². The van der Waals surface area contributed by atoms with Crippen LogP contribution in [0.1, 0.15) is 12.6 Å². The van der Waals surface area contributed by atoms with Crippen molar-refractivity contribution in [2.45, 2.75) is 18.8 Å². The van der Waals surface area contributed by atoms with Crippen molar-refractivity contribution in [3.8, 4) is 0 Å².